The first-order valence-electron chi connectivity index (χ1n) is 10.8. The molecule has 0 saturated heterocycles. The Labute approximate surface area is 205 Å². The number of fused-ring (bicyclic) bond motifs is 1. The number of carbonyl (C=O) groups is 2. The molecule has 1 heterocycles. The van der Waals surface area contributed by atoms with Gasteiger partial charge in [-0.05, 0) is 47.9 Å². The average molecular weight is 492 g/mol. The number of ether oxygens (including phenoxy) is 1. The molecule has 0 radical (unpaired) electrons. The zero-order valence-electron chi connectivity index (χ0n) is 18.8. The highest BCUT2D eigenvalue weighted by atomic mass is 35.5. The first kappa shape index (κ1) is 24.0. The summed E-state index contributed by atoms with van der Waals surface area (Å²) in [6, 6.07) is 20.0. The number of aliphatic carboxylic acids is 1. The number of benzene rings is 3. The number of halogens is 1. The fraction of sp³-hybridized carbons (Fsp3) is 0.148. The third-order valence-electron chi connectivity index (χ3n) is 5.54. The Morgan fingerprint density at radius 3 is 2.46 bits per heavy atom. The van der Waals surface area contributed by atoms with Gasteiger partial charge in [-0.3, -0.25) is 4.79 Å². The number of aryl methyl sites for hydroxylation is 1. The molecule has 0 unspecified atom stereocenters. The van der Waals surface area contributed by atoms with Crippen molar-refractivity contribution in [3.05, 3.63) is 99.4 Å². The molecule has 0 aliphatic carbocycles. The minimum atomic E-state index is -1.16. The van der Waals surface area contributed by atoms with Crippen LogP contribution in [0.4, 0.5) is 0 Å². The van der Waals surface area contributed by atoms with Crippen molar-refractivity contribution in [1.29, 1.82) is 0 Å². The minimum Gasteiger partial charge on any atom is -0.483 e. The maximum Gasteiger partial charge on any atom is 0.336 e. The summed E-state index contributed by atoms with van der Waals surface area (Å²) in [4.78, 5) is 36.3. The van der Waals surface area contributed by atoms with Crippen molar-refractivity contribution in [3.8, 4) is 16.9 Å². The molecule has 1 aromatic heterocycles. The Morgan fingerprint density at radius 1 is 1.06 bits per heavy atom. The Hall–Kier alpha value is -4.10. The third kappa shape index (κ3) is 5.70. The lowest BCUT2D eigenvalue weighted by Gasteiger charge is -2.16. The fourth-order valence-corrected chi connectivity index (χ4v) is 3.92. The summed E-state index contributed by atoms with van der Waals surface area (Å²) in [6.45, 7) is 1.33. The highest BCUT2D eigenvalue weighted by Gasteiger charge is 2.21. The summed E-state index contributed by atoms with van der Waals surface area (Å²) < 4.78 is 11.1. The SMILES string of the molecule is Cc1c(OCC(=O)N[C@@H](Cc2ccc(Cl)cc2)C(=O)O)ccc2c(-c3ccccc3)cc(=O)oc12. The van der Waals surface area contributed by atoms with Crippen molar-refractivity contribution in [3.63, 3.8) is 0 Å². The molecule has 178 valence electrons. The van der Waals surface area contributed by atoms with Crippen molar-refractivity contribution in [1.82, 2.24) is 5.32 Å². The summed E-state index contributed by atoms with van der Waals surface area (Å²) in [5.74, 6) is -1.40. The Balaban J connectivity index is 1.50. The number of hydrogen-bond donors (Lipinski definition) is 2. The lowest BCUT2D eigenvalue weighted by molar-refractivity contribution is -0.142. The Bertz CT molecular complexity index is 1430. The van der Waals surface area contributed by atoms with Gasteiger partial charge < -0.3 is 19.6 Å². The number of carbonyl (C=O) groups excluding carboxylic acids is 1. The second kappa shape index (κ2) is 10.4. The number of amides is 1. The van der Waals surface area contributed by atoms with E-state index in [1.54, 1.807) is 43.3 Å². The van der Waals surface area contributed by atoms with E-state index in [-0.39, 0.29) is 6.42 Å². The zero-order chi connectivity index (χ0) is 24.9. The standard InChI is InChI=1S/C27H22ClNO6/c1-16-23(12-11-20-21(14-25(31)35-26(16)20)18-5-3-2-4-6-18)34-15-24(30)29-22(27(32)33)13-17-7-9-19(28)10-8-17/h2-12,14,22H,13,15H2,1H3,(H,29,30)(H,32,33)/t22-/m0/s1. The van der Waals surface area contributed by atoms with Crippen LogP contribution in [-0.4, -0.2) is 29.6 Å². The predicted molar refractivity (Wildman–Crippen MR) is 133 cm³/mol. The molecule has 4 rings (SSSR count). The Morgan fingerprint density at radius 2 is 1.77 bits per heavy atom. The van der Waals surface area contributed by atoms with Crippen LogP contribution in [-0.2, 0) is 16.0 Å². The second-order valence-corrected chi connectivity index (χ2v) is 8.42. The van der Waals surface area contributed by atoms with Crippen LogP contribution in [0.5, 0.6) is 5.75 Å². The molecule has 0 fully saturated rings. The lowest BCUT2D eigenvalue weighted by Crippen LogP contribution is -2.44. The number of rotatable bonds is 8. The predicted octanol–water partition coefficient (Wildman–Crippen LogP) is 4.61. The van der Waals surface area contributed by atoms with Crippen LogP contribution in [0.3, 0.4) is 0 Å². The van der Waals surface area contributed by atoms with Gasteiger partial charge in [0.1, 0.15) is 17.4 Å². The number of nitrogens with one attached hydrogen (secondary N) is 1. The van der Waals surface area contributed by atoms with Gasteiger partial charge in [0.05, 0.1) is 0 Å². The van der Waals surface area contributed by atoms with E-state index in [0.717, 1.165) is 22.1 Å². The van der Waals surface area contributed by atoms with Crippen molar-refractivity contribution in [2.24, 2.45) is 0 Å². The van der Waals surface area contributed by atoms with Crippen molar-refractivity contribution in [2.75, 3.05) is 6.61 Å². The van der Waals surface area contributed by atoms with E-state index in [2.05, 4.69) is 5.32 Å². The van der Waals surface area contributed by atoms with E-state index < -0.39 is 30.2 Å². The molecule has 1 atom stereocenters. The fourth-order valence-electron chi connectivity index (χ4n) is 3.79. The van der Waals surface area contributed by atoms with Gasteiger partial charge in [0.2, 0.25) is 0 Å². The Kier molecular flexibility index (Phi) is 7.17. The molecular formula is C27H22ClNO6. The molecular weight excluding hydrogens is 470 g/mol. The largest absolute Gasteiger partial charge is 0.483 e. The lowest BCUT2D eigenvalue weighted by atomic mass is 10.0. The highest BCUT2D eigenvalue weighted by molar-refractivity contribution is 6.30. The summed E-state index contributed by atoms with van der Waals surface area (Å²) in [6.07, 6.45) is 0.0979. The number of hydrogen-bond acceptors (Lipinski definition) is 5. The van der Waals surface area contributed by atoms with E-state index in [0.29, 0.717) is 21.9 Å². The normalized spacial score (nSPS) is 11.7. The minimum absolute atomic E-state index is 0.0979. The average Bonchev–Trinajstić information content (AvgIpc) is 2.85. The smallest absolute Gasteiger partial charge is 0.336 e. The highest BCUT2D eigenvalue weighted by Crippen LogP contribution is 2.33. The molecule has 0 aliphatic rings. The summed E-state index contributed by atoms with van der Waals surface area (Å²) in [7, 11) is 0. The molecule has 2 N–H and O–H groups in total. The van der Waals surface area contributed by atoms with E-state index >= 15 is 0 Å². The zero-order valence-corrected chi connectivity index (χ0v) is 19.5. The van der Waals surface area contributed by atoms with Gasteiger partial charge in [-0.15, -0.1) is 0 Å². The molecule has 3 aromatic carbocycles. The molecule has 0 bridgehead atoms. The van der Waals surface area contributed by atoms with E-state index in [4.69, 9.17) is 20.8 Å². The molecule has 1 amide bonds. The van der Waals surface area contributed by atoms with Crippen LogP contribution in [0.2, 0.25) is 5.02 Å². The molecule has 0 spiro atoms. The molecule has 35 heavy (non-hydrogen) atoms. The first-order valence-corrected chi connectivity index (χ1v) is 11.2. The topological polar surface area (TPSA) is 106 Å². The van der Waals surface area contributed by atoms with Gasteiger partial charge in [0.25, 0.3) is 5.91 Å². The van der Waals surface area contributed by atoms with Gasteiger partial charge in [-0.1, -0.05) is 54.1 Å². The molecule has 0 saturated carbocycles. The van der Waals surface area contributed by atoms with Crippen LogP contribution in [0, 0.1) is 6.92 Å². The number of carboxylic acid groups (broad SMARTS) is 1. The van der Waals surface area contributed by atoms with E-state index in [9.17, 15) is 19.5 Å². The van der Waals surface area contributed by atoms with Gasteiger partial charge in [0.15, 0.2) is 6.61 Å². The van der Waals surface area contributed by atoms with Crippen molar-refractivity contribution in [2.45, 2.75) is 19.4 Å². The molecule has 7 nitrogen and oxygen atoms in total. The van der Waals surface area contributed by atoms with Gasteiger partial charge >= 0.3 is 11.6 Å². The van der Waals surface area contributed by atoms with E-state index in [1.165, 1.54) is 6.07 Å². The van der Waals surface area contributed by atoms with Gasteiger partial charge in [-0.25, -0.2) is 9.59 Å². The van der Waals surface area contributed by atoms with Crippen molar-refractivity contribution < 1.29 is 23.8 Å². The van der Waals surface area contributed by atoms with Crippen LogP contribution >= 0.6 is 11.6 Å². The maximum absolute atomic E-state index is 12.4. The van der Waals surface area contributed by atoms with Crippen LogP contribution in [0.1, 0.15) is 11.1 Å². The van der Waals surface area contributed by atoms with Crippen LogP contribution < -0.4 is 15.7 Å². The number of carboxylic acids is 1. The summed E-state index contributed by atoms with van der Waals surface area (Å²) >= 11 is 5.87. The van der Waals surface area contributed by atoms with E-state index in [1.807, 2.05) is 30.3 Å². The van der Waals surface area contributed by atoms with Gasteiger partial charge in [-0.2, -0.15) is 0 Å². The summed E-state index contributed by atoms with van der Waals surface area (Å²) in [5.41, 5.74) is 2.74. The first-order chi connectivity index (χ1) is 16.8. The molecule has 8 heteroatoms. The molecule has 4 aromatic rings. The summed E-state index contributed by atoms with van der Waals surface area (Å²) in [5, 5.41) is 13.3. The second-order valence-electron chi connectivity index (χ2n) is 7.99. The van der Waals surface area contributed by atoms with Crippen LogP contribution in [0.25, 0.3) is 22.1 Å². The molecule has 0 aliphatic heterocycles. The maximum atomic E-state index is 12.4. The van der Waals surface area contributed by atoms with Crippen molar-refractivity contribution >= 4 is 34.4 Å². The van der Waals surface area contributed by atoms with Gasteiger partial charge in [0, 0.05) is 28.5 Å². The van der Waals surface area contributed by atoms with Crippen LogP contribution in [0.15, 0.2) is 82.0 Å². The third-order valence-corrected chi connectivity index (χ3v) is 5.79. The monoisotopic (exact) mass is 491 g/mol. The quantitative estimate of drug-likeness (QED) is 0.349.